The summed E-state index contributed by atoms with van der Waals surface area (Å²) < 4.78 is 2.32. The van der Waals surface area contributed by atoms with Crippen LogP contribution in [-0.2, 0) is 0 Å². The van der Waals surface area contributed by atoms with Gasteiger partial charge in [-0.1, -0.05) is 176 Å². The van der Waals surface area contributed by atoms with Crippen molar-refractivity contribution in [2.75, 3.05) is 0 Å². The Bertz CT molecular complexity index is 3620. The first-order valence-electron chi connectivity index (χ1n) is 21.2. The Kier molecular flexibility index (Phi) is 8.75. The average Bonchev–Trinajstić information content (AvgIpc) is 3.71. The molecule has 0 bridgehead atoms. The molecule has 0 aliphatic carbocycles. The number of rotatable bonds is 7. The van der Waals surface area contributed by atoms with Crippen molar-refractivity contribution in [3.05, 3.63) is 224 Å². The van der Waals surface area contributed by atoms with E-state index >= 15 is 0 Å². The highest BCUT2D eigenvalue weighted by Crippen LogP contribution is 2.39. The molecule has 5 heteroatoms. The molecule has 0 aliphatic heterocycles. The lowest BCUT2D eigenvalue weighted by Crippen LogP contribution is -2.01. The van der Waals surface area contributed by atoms with E-state index in [1.165, 1.54) is 16.3 Å². The van der Waals surface area contributed by atoms with Gasteiger partial charge in [-0.2, -0.15) is 0 Å². The second-order valence-corrected chi connectivity index (χ2v) is 15.9. The summed E-state index contributed by atoms with van der Waals surface area (Å²) in [5.74, 6) is 1.85. The fourth-order valence-corrected chi connectivity index (χ4v) is 9.02. The second kappa shape index (κ2) is 15.2. The lowest BCUT2D eigenvalue weighted by Gasteiger charge is -2.14. The monoisotopic (exact) mass is 803 g/mol. The summed E-state index contributed by atoms with van der Waals surface area (Å²) in [7, 11) is 0. The first-order chi connectivity index (χ1) is 31.2. The van der Waals surface area contributed by atoms with Gasteiger partial charge >= 0.3 is 0 Å². The lowest BCUT2D eigenvalue weighted by atomic mass is 9.93. The van der Waals surface area contributed by atoms with Crippen molar-refractivity contribution in [2.24, 2.45) is 0 Å². The van der Waals surface area contributed by atoms with Crippen LogP contribution in [0.2, 0.25) is 0 Å². The minimum atomic E-state index is 0.613. The number of pyridine rings is 1. The summed E-state index contributed by atoms with van der Waals surface area (Å²) in [6, 6.07) is 78.7. The highest BCUT2D eigenvalue weighted by atomic mass is 15.0. The maximum Gasteiger partial charge on any atom is 0.164 e. The fraction of sp³-hybridized carbons (Fsp3) is 0. The number of nitrogens with zero attached hydrogens (tertiary/aromatic N) is 5. The highest BCUT2D eigenvalue weighted by molar-refractivity contribution is 6.14. The van der Waals surface area contributed by atoms with Crippen LogP contribution in [0, 0.1) is 0 Å². The van der Waals surface area contributed by atoms with Crippen molar-refractivity contribution in [2.45, 2.75) is 0 Å². The molecule has 12 aromatic rings. The third kappa shape index (κ3) is 6.51. The predicted molar refractivity (Wildman–Crippen MR) is 260 cm³/mol. The van der Waals surface area contributed by atoms with Crippen molar-refractivity contribution in [3.8, 4) is 73.4 Å². The van der Waals surface area contributed by atoms with E-state index in [9.17, 15) is 0 Å². The summed E-state index contributed by atoms with van der Waals surface area (Å²) in [5, 5.41) is 5.90. The quantitative estimate of drug-likeness (QED) is 0.151. The van der Waals surface area contributed by atoms with Gasteiger partial charge in [0.2, 0.25) is 0 Å². The zero-order valence-corrected chi connectivity index (χ0v) is 34.1. The zero-order chi connectivity index (χ0) is 41.7. The Morgan fingerprint density at radius 3 is 1.51 bits per heavy atom. The zero-order valence-electron chi connectivity index (χ0n) is 34.1. The van der Waals surface area contributed by atoms with Crippen LogP contribution in [0.4, 0.5) is 0 Å². The number of fused-ring (bicyclic) bond motifs is 6. The number of hydrogen-bond donors (Lipinski definition) is 0. The minimum Gasteiger partial charge on any atom is -0.309 e. The molecule has 9 aromatic carbocycles. The minimum absolute atomic E-state index is 0.613. The normalized spacial score (nSPS) is 11.5. The molecule has 3 heterocycles. The summed E-state index contributed by atoms with van der Waals surface area (Å²) >= 11 is 0. The van der Waals surface area contributed by atoms with Crippen molar-refractivity contribution >= 4 is 43.5 Å². The Hall–Kier alpha value is -8.54. The van der Waals surface area contributed by atoms with Gasteiger partial charge in [0, 0.05) is 44.1 Å². The van der Waals surface area contributed by atoms with Gasteiger partial charge in [-0.3, -0.25) is 0 Å². The van der Waals surface area contributed by atoms with E-state index in [2.05, 4.69) is 193 Å². The van der Waals surface area contributed by atoms with Gasteiger partial charge in [-0.15, -0.1) is 0 Å². The van der Waals surface area contributed by atoms with E-state index in [-0.39, 0.29) is 0 Å². The third-order valence-corrected chi connectivity index (χ3v) is 12.0. The van der Waals surface area contributed by atoms with Gasteiger partial charge in [0.1, 0.15) is 0 Å². The van der Waals surface area contributed by atoms with Crippen molar-refractivity contribution in [1.82, 2.24) is 24.5 Å². The smallest absolute Gasteiger partial charge is 0.164 e. The molecule has 0 saturated carbocycles. The standard InChI is InChI=1S/C58H37N5/c1-4-16-38(17-5-1)50-37-52(39-18-6-2-7-19-39)59-51-33-31-43-34-42(30-32-47(43)55(50)51)41-22-14-23-44(35-41)57-60-56(40-20-8-3-9-21-40)61-58(62-57)45-24-15-25-46(36-45)63-53-28-12-10-26-48(53)49-27-11-13-29-54(49)63/h1-37H. The summed E-state index contributed by atoms with van der Waals surface area (Å²) in [6.07, 6.45) is 0. The molecule has 12 rings (SSSR count). The largest absolute Gasteiger partial charge is 0.309 e. The molecule has 294 valence electrons. The molecule has 63 heavy (non-hydrogen) atoms. The van der Waals surface area contributed by atoms with Gasteiger partial charge in [-0.25, -0.2) is 19.9 Å². The molecule has 0 radical (unpaired) electrons. The Morgan fingerprint density at radius 1 is 0.302 bits per heavy atom. The summed E-state index contributed by atoms with van der Waals surface area (Å²) in [4.78, 5) is 20.6. The predicted octanol–water partition coefficient (Wildman–Crippen LogP) is 14.7. The van der Waals surface area contributed by atoms with Gasteiger partial charge in [-0.05, 0) is 81.6 Å². The van der Waals surface area contributed by atoms with Gasteiger partial charge in [0.05, 0.1) is 22.2 Å². The molecule has 0 fully saturated rings. The Morgan fingerprint density at radius 2 is 0.825 bits per heavy atom. The van der Waals surface area contributed by atoms with Gasteiger partial charge in [0.15, 0.2) is 17.5 Å². The molecule has 0 N–H and O–H groups in total. The topological polar surface area (TPSA) is 56.5 Å². The van der Waals surface area contributed by atoms with Gasteiger partial charge in [0.25, 0.3) is 0 Å². The van der Waals surface area contributed by atoms with Crippen LogP contribution in [-0.4, -0.2) is 24.5 Å². The second-order valence-electron chi connectivity index (χ2n) is 15.9. The fourth-order valence-electron chi connectivity index (χ4n) is 9.02. The van der Waals surface area contributed by atoms with E-state index in [0.29, 0.717) is 17.5 Å². The van der Waals surface area contributed by atoms with E-state index in [4.69, 9.17) is 19.9 Å². The van der Waals surface area contributed by atoms with E-state index in [1.54, 1.807) is 0 Å². The lowest BCUT2D eigenvalue weighted by molar-refractivity contribution is 1.07. The number of hydrogen-bond acceptors (Lipinski definition) is 4. The maximum atomic E-state index is 5.19. The van der Waals surface area contributed by atoms with E-state index in [0.717, 1.165) is 83.0 Å². The van der Waals surface area contributed by atoms with Crippen LogP contribution in [0.25, 0.3) is 117 Å². The molecule has 0 saturated heterocycles. The molecular formula is C58H37N5. The highest BCUT2D eigenvalue weighted by Gasteiger charge is 2.17. The van der Waals surface area contributed by atoms with Crippen LogP contribution < -0.4 is 0 Å². The van der Waals surface area contributed by atoms with Crippen LogP contribution in [0.5, 0.6) is 0 Å². The first kappa shape index (κ1) is 36.3. The van der Waals surface area contributed by atoms with Gasteiger partial charge < -0.3 is 4.57 Å². The number of benzene rings is 9. The van der Waals surface area contributed by atoms with Crippen LogP contribution in [0.3, 0.4) is 0 Å². The number of para-hydroxylation sites is 2. The van der Waals surface area contributed by atoms with Crippen LogP contribution in [0.15, 0.2) is 224 Å². The Labute approximate surface area is 364 Å². The van der Waals surface area contributed by atoms with Crippen molar-refractivity contribution in [3.63, 3.8) is 0 Å². The van der Waals surface area contributed by atoms with E-state index < -0.39 is 0 Å². The SMILES string of the molecule is c1ccc(-c2cc(-c3ccccc3)c3c(ccc4cc(-c5cccc(-c6nc(-c7ccccc7)nc(-c7cccc(-n8c9ccccc9c9ccccc98)c7)n6)c5)ccc43)n2)cc1. The first-order valence-corrected chi connectivity index (χ1v) is 21.2. The van der Waals surface area contributed by atoms with Crippen molar-refractivity contribution in [1.29, 1.82) is 0 Å². The molecule has 0 amide bonds. The molecule has 0 atom stereocenters. The van der Waals surface area contributed by atoms with Crippen LogP contribution in [0.1, 0.15) is 0 Å². The Balaban J connectivity index is 0.966. The van der Waals surface area contributed by atoms with E-state index in [1.807, 2.05) is 36.4 Å². The number of aromatic nitrogens is 5. The molecular weight excluding hydrogens is 767 g/mol. The molecule has 0 aliphatic rings. The molecule has 0 unspecified atom stereocenters. The third-order valence-electron chi connectivity index (χ3n) is 12.0. The summed E-state index contributed by atoms with van der Waals surface area (Å²) in [5.41, 5.74) is 13.6. The molecule has 3 aromatic heterocycles. The van der Waals surface area contributed by atoms with Crippen LogP contribution >= 0.6 is 0 Å². The molecule has 5 nitrogen and oxygen atoms in total. The average molecular weight is 804 g/mol. The molecule has 0 spiro atoms. The van der Waals surface area contributed by atoms with Crippen molar-refractivity contribution < 1.29 is 0 Å². The summed E-state index contributed by atoms with van der Waals surface area (Å²) in [6.45, 7) is 0. The maximum absolute atomic E-state index is 5.19.